The Labute approximate surface area is 112 Å². The Morgan fingerprint density at radius 1 is 1.35 bits per heavy atom. The quantitative estimate of drug-likeness (QED) is 0.896. The van der Waals surface area contributed by atoms with Crippen molar-refractivity contribution in [3.05, 3.63) is 28.2 Å². The third-order valence-corrected chi connectivity index (χ3v) is 3.37. The molecule has 0 radical (unpaired) electrons. The Balaban J connectivity index is 2.45. The van der Waals surface area contributed by atoms with Gasteiger partial charge in [0.1, 0.15) is 0 Å². The van der Waals surface area contributed by atoms with Gasteiger partial charge in [0.15, 0.2) is 0 Å². The summed E-state index contributed by atoms with van der Waals surface area (Å²) in [6, 6.07) is 4.43. The SMILES string of the molecule is C[S@@](=O)CCNC(=O)Nc1ccc(Cl)c(Cl)c1. The first kappa shape index (κ1) is 14.3. The van der Waals surface area contributed by atoms with E-state index in [0.29, 0.717) is 28.0 Å². The van der Waals surface area contributed by atoms with Crippen molar-refractivity contribution in [2.75, 3.05) is 23.9 Å². The fourth-order valence-electron chi connectivity index (χ4n) is 1.06. The molecule has 0 aliphatic rings. The van der Waals surface area contributed by atoms with Gasteiger partial charge in [-0.3, -0.25) is 4.21 Å². The molecule has 0 aliphatic carbocycles. The molecular formula is C10H12Cl2N2O2S. The van der Waals surface area contributed by atoms with E-state index in [2.05, 4.69) is 10.6 Å². The van der Waals surface area contributed by atoms with Crippen molar-refractivity contribution < 1.29 is 9.00 Å². The van der Waals surface area contributed by atoms with Crippen LogP contribution in [0.4, 0.5) is 10.5 Å². The van der Waals surface area contributed by atoms with E-state index in [0.717, 1.165) is 0 Å². The molecule has 7 heteroatoms. The Morgan fingerprint density at radius 2 is 2.06 bits per heavy atom. The minimum Gasteiger partial charge on any atom is -0.337 e. The third kappa shape index (κ3) is 5.39. The van der Waals surface area contributed by atoms with Crippen molar-refractivity contribution in [2.24, 2.45) is 0 Å². The van der Waals surface area contributed by atoms with Crippen molar-refractivity contribution in [3.8, 4) is 0 Å². The van der Waals surface area contributed by atoms with Crippen LogP contribution < -0.4 is 10.6 Å². The highest BCUT2D eigenvalue weighted by Crippen LogP contribution is 2.24. The van der Waals surface area contributed by atoms with Gasteiger partial charge in [0, 0.05) is 35.0 Å². The van der Waals surface area contributed by atoms with Gasteiger partial charge >= 0.3 is 6.03 Å². The highest BCUT2D eigenvalue weighted by Gasteiger charge is 2.03. The van der Waals surface area contributed by atoms with Crippen molar-refractivity contribution in [3.63, 3.8) is 0 Å². The van der Waals surface area contributed by atoms with E-state index in [1.807, 2.05) is 0 Å². The highest BCUT2D eigenvalue weighted by atomic mass is 35.5. The summed E-state index contributed by atoms with van der Waals surface area (Å²) < 4.78 is 10.8. The number of nitrogens with one attached hydrogen (secondary N) is 2. The lowest BCUT2D eigenvalue weighted by atomic mass is 10.3. The summed E-state index contributed by atoms with van der Waals surface area (Å²) in [7, 11) is -0.916. The highest BCUT2D eigenvalue weighted by molar-refractivity contribution is 7.84. The first-order chi connectivity index (χ1) is 7.99. The van der Waals surface area contributed by atoms with E-state index in [9.17, 15) is 9.00 Å². The van der Waals surface area contributed by atoms with Crippen LogP contribution in [0.2, 0.25) is 10.0 Å². The first-order valence-corrected chi connectivity index (χ1v) is 7.27. The van der Waals surface area contributed by atoms with Gasteiger partial charge in [-0.25, -0.2) is 4.79 Å². The van der Waals surface area contributed by atoms with E-state index in [-0.39, 0.29) is 6.03 Å². The van der Waals surface area contributed by atoms with Crippen LogP contribution in [0.15, 0.2) is 18.2 Å². The van der Waals surface area contributed by atoms with Crippen LogP contribution in [0.1, 0.15) is 0 Å². The lowest BCUT2D eigenvalue weighted by Gasteiger charge is -2.07. The van der Waals surface area contributed by atoms with Gasteiger partial charge in [-0.15, -0.1) is 0 Å². The molecule has 0 unspecified atom stereocenters. The summed E-state index contributed by atoms with van der Waals surface area (Å²) in [4.78, 5) is 11.4. The van der Waals surface area contributed by atoms with Crippen LogP contribution in [0.25, 0.3) is 0 Å². The predicted molar refractivity (Wildman–Crippen MR) is 72.4 cm³/mol. The number of anilines is 1. The molecule has 1 aromatic carbocycles. The molecule has 0 spiro atoms. The monoisotopic (exact) mass is 294 g/mol. The van der Waals surface area contributed by atoms with Crippen molar-refractivity contribution >= 4 is 45.7 Å². The van der Waals surface area contributed by atoms with E-state index < -0.39 is 10.8 Å². The number of rotatable bonds is 4. The smallest absolute Gasteiger partial charge is 0.319 e. The fraction of sp³-hybridized carbons (Fsp3) is 0.300. The van der Waals surface area contributed by atoms with Crippen molar-refractivity contribution in [1.82, 2.24) is 5.32 Å². The molecule has 0 heterocycles. The Kier molecular flexibility index (Phi) is 5.74. The van der Waals surface area contributed by atoms with Gasteiger partial charge in [-0.05, 0) is 18.2 Å². The summed E-state index contributed by atoms with van der Waals surface area (Å²) in [5, 5.41) is 5.97. The minimum absolute atomic E-state index is 0.357. The largest absolute Gasteiger partial charge is 0.337 e. The number of carbonyl (C=O) groups is 1. The fourth-order valence-corrected chi connectivity index (χ4v) is 1.75. The predicted octanol–water partition coefficient (Wildman–Crippen LogP) is 2.49. The minimum atomic E-state index is -0.916. The Hall–Kier alpha value is -0.780. The lowest BCUT2D eigenvalue weighted by Crippen LogP contribution is -2.31. The second-order valence-electron chi connectivity index (χ2n) is 3.29. The molecule has 0 bridgehead atoms. The molecule has 1 aromatic rings. The zero-order valence-corrected chi connectivity index (χ0v) is 11.5. The van der Waals surface area contributed by atoms with Crippen LogP contribution in [-0.4, -0.2) is 28.8 Å². The van der Waals surface area contributed by atoms with E-state index >= 15 is 0 Å². The number of carbonyl (C=O) groups excluding carboxylic acids is 1. The average Bonchev–Trinajstić information content (AvgIpc) is 2.23. The summed E-state index contributed by atoms with van der Waals surface area (Å²) in [6.07, 6.45) is 1.58. The normalized spacial score (nSPS) is 11.9. The van der Waals surface area contributed by atoms with Crippen LogP contribution in [-0.2, 0) is 10.8 Å². The van der Waals surface area contributed by atoms with Gasteiger partial charge in [0.2, 0.25) is 0 Å². The zero-order valence-electron chi connectivity index (χ0n) is 9.13. The first-order valence-electron chi connectivity index (χ1n) is 4.79. The second-order valence-corrected chi connectivity index (χ2v) is 5.66. The molecule has 17 heavy (non-hydrogen) atoms. The third-order valence-electron chi connectivity index (χ3n) is 1.85. The number of hydrogen-bond donors (Lipinski definition) is 2. The maximum Gasteiger partial charge on any atom is 0.319 e. The van der Waals surface area contributed by atoms with Gasteiger partial charge < -0.3 is 10.6 Å². The number of halogens is 2. The maximum atomic E-state index is 11.4. The number of benzene rings is 1. The summed E-state index contributed by atoms with van der Waals surface area (Å²) in [5.74, 6) is 0.425. The molecule has 0 aromatic heterocycles. The molecule has 0 saturated carbocycles. The van der Waals surface area contributed by atoms with Gasteiger partial charge in [-0.2, -0.15) is 0 Å². The Morgan fingerprint density at radius 3 is 2.65 bits per heavy atom. The van der Waals surface area contributed by atoms with Crippen LogP contribution in [0.5, 0.6) is 0 Å². The summed E-state index contributed by atoms with van der Waals surface area (Å²) in [6.45, 7) is 0.357. The standard InChI is InChI=1S/C10H12Cl2N2O2S/c1-17(16)5-4-13-10(15)14-7-2-3-8(11)9(12)6-7/h2-3,6H,4-5H2,1H3,(H2,13,14,15)/t17-/m1/s1. The molecule has 2 N–H and O–H groups in total. The van der Waals surface area contributed by atoms with Crippen LogP contribution in [0.3, 0.4) is 0 Å². The van der Waals surface area contributed by atoms with Gasteiger partial charge in [0.25, 0.3) is 0 Å². The second kappa shape index (κ2) is 6.83. The van der Waals surface area contributed by atoms with E-state index in [1.165, 1.54) is 0 Å². The average molecular weight is 295 g/mol. The van der Waals surface area contributed by atoms with Gasteiger partial charge in [0.05, 0.1) is 10.0 Å². The molecule has 0 saturated heterocycles. The molecule has 0 aliphatic heterocycles. The molecule has 2 amide bonds. The lowest BCUT2D eigenvalue weighted by molar-refractivity contribution is 0.252. The zero-order chi connectivity index (χ0) is 12.8. The van der Waals surface area contributed by atoms with Crippen LogP contribution >= 0.6 is 23.2 Å². The van der Waals surface area contributed by atoms with Crippen molar-refractivity contribution in [1.29, 1.82) is 0 Å². The number of hydrogen-bond acceptors (Lipinski definition) is 2. The molecule has 4 nitrogen and oxygen atoms in total. The Bertz CT molecular complexity index is 440. The maximum absolute atomic E-state index is 11.4. The van der Waals surface area contributed by atoms with E-state index in [4.69, 9.17) is 23.2 Å². The summed E-state index contributed by atoms with van der Waals surface area (Å²) in [5.41, 5.74) is 0.550. The molecular weight excluding hydrogens is 283 g/mol. The van der Waals surface area contributed by atoms with Crippen molar-refractivity contribution in [2.45, 2.75) is 0 Å². The van der Waals surface area contributed by atoms with E-state index in [1.54, 1.807) is 24.5 Å². The topological polar surface area (TPSA) is 58.2 Å². The van der Waals surface area contributed by atoms with Crippen LogP contribution in [0, 0.1) is 0 Å². The molecule has 1 rings (SSSR count). The molecule has 94 valence electrons. The number of urea groups is 1. The molecule has 1 atom stereocenters. The molecule has 0 fully saturated rings. The van der Waals surface area contributed by atoms with Gasteiger partial charge in [-0.1, -0.05) is 23.2 Å². The number of amides is 2. The summed E-state index contributed by atoms with van der Waals surface area (Å²) >= 11 is 11.5.